The van der Waals surface area contributed by atoms with Gasteiger partial charge in [-0.2, -0.15) is 0 Å². The highest BCUT2D eigenvalue weighted by molar-refractivity contribution is 5.97. The molecule has 1 aliphatic rings. The molecule has 0 aromatic heterocycles. The molecule has 1 aromatic rings. The molecule has 2 N–H and O–H groups in total. The van der Waals surface area contributed by atoms with Crippen LogP contribution in [0.5, 0.6) is 0 Å². The molecular formula is C15H23ClN2O2. The van der Waals surface area contributed by atoms with E-state index in [0.717, 1.165) is 16.7 Å². The van der Waals surface area contributed by atoms with Gasteiger partial charge in [-0.1, -0.05) is 17.7 Å². The Hall–Kier alpha value is -1.10. The first-order valence-electron chi connectivity index (χ1n) is 6.71. The lowest BCUT2D eigenvalue weighted by Crippen LogP contribution is -2.48. The second-order valence-corrected chi connectivity index (χ2v) is 5.25. The smallest absolute Gasteiger partial charge is 0.254 e. The van der Waals surface area contributed by atoms with E-state index < -0.39 is 0 Å². The van der Waals surface area contributed by atoms with Crippen LogP contribution in [0.15, 0.2) is 12.1 Å². The average Bonchev–Trinajstić information content (AvgIpc) is 2.37. The maximum absolute atomic E-state index is 12.6. The number of amides is 1. The number of halogens is 1. The van der Waals surface area contributed by atoms with Crippen molar-refractivity contribution in [3.8, 4) is 0 Å². The lowest BCUT2D eigenvalue weighted by atomic mass is 9.98. The van der Waals surface area contributed by atoms with Crippen LogP contribution in [-0.4, -0.2) is 43.2 Å². The summed E-state index contributed by atoms with van der Waals surface area (Å²) in [6, 6.07) is 4.11. The molecule has 2 rings (SSSR count). The number of rotatable bonds is 2. The van der Waals surface area contributed by atoms with E-state index in [-0.39, 0.29) is 24.4 Å². The number of ether oxygens (including phenoxy) is 1. The molecule has 0 radical (unpaired) electrons. The van der Waals surface area contributed by atoms with E-state index in [1.807, 2.05) is 25.7 Å². The highest BCUT2D eigenvalue weighted by Gasteiger charge is 2.26. The van der Waals surface area contributed by atoms with Gasteiger partial charge in [0.05, 0.1) is 12.7 Å². The minimum absolute atomic E-state index is 0. The summed E-state index contributed by atoms with van der Waals surface area (Å²) in [5.74, 6) is 0.0942. The van der Waals surface area contributed by atoms with Crippen molar-refractivity contribution in [2.45, 2.75) is 26.9 Å². The maximum Gasteiger partial charge on any atom is 0.254 e. The third-order valence-corrected chi connectivity index (χ3v) is 3.58. The lowest BCUT2D eigenvalue weighted by Gasteiger charge is -2.33. The maximum atomic E-state index is 12.6. The molecule has 4 nitrogen and oxygen atoms in total. The van der Waals surface area contributed by atoms with Crippen LogP contribution in [0.3, 0.4) is 0 Å². The molecule has 0 aliphatic carbocycles. The van der Waals surface area contributed by atoms with Gasteiger partial charge in [-0.25, -0.2) is 0 Å². The van der Waals surface area contributed by atoms with Crippen LogP contribution in [-0.2, 0) is 4.74 Å². The minimum Gasteiger partial charge on any atom is -0.373 e. The first kappa shape index (κ1) is 17.0. The standard InChI is InChI=1S/C15H22N2O2.ClH/c1-10-6-11(2)14(12(3)7-10)15(18)17-4-5-19-13(8-16)9-17;/h6-7,13H,4-5,8-9,16H2,1-3H3;1H. The fraction of sp³-hybridized carbons (Fsp3) is 0.533. The first-order valence-corrected chi connectivity index (χ1v) is 6.71. The van der Waals surface area contributed by atoms with Crippen molar-refractivity contribution in [3.05, 3.63) is 34.4 Å². The number of benzene rings is 1. The molecule has 0 spiro atoms. The van der Waals surface area contributed by atoms with Gasteiger partial charge in [0.15, 0.2) is 0 Å². The summed E-state index contributed by atoms with van der Waals surface area (Å²) in [5.41, 5.74) is 9.71. The normalized spacial score (nSPS) is 18.6. The predicted molar refractivity (Wildman–Crippen MR) is 82.6 cm³/mol. The van der Waals surface area contributed by atoms with E-state index in [9.17, 15) is 4.79 Å². The second-order valence-electron chi connectivity index (χ2n) is 5.25. The molecule has 0 bridgehead atoms. The minimum atomic E-state index is -0.0382. The van der Waals surface area contributed by atoms with Gasteiger partial charge in [0.25, 0.3) is 5.91 Å². The van der Waals surface area contributed by atoms with Crippen molar-refractivity contribution >= 4 is 18.3 Å². The molecule has 1 atom stereocenters. The van der Waals surface area contributed by atoms with Gasteiger partial charge in [-0.05, 0) is 31.9 Å². The number of carbonyl (C=O) groups excluding carboxylic acids is 1. The molecule has 1 aliphatic heterocycles. The van der Waals surface area contributed by atoms with Crippen molar-refractivity contribution in [2.24, 2.45) is 5.73 Å². The van der Waals surface area contributed by atoms with Gasteiger partial charge < -0.3 is 15.4 Å². The number of nitrogens with two attached hydrogens (primary N) is 1. The number of carbonyl (C=O) groups is 1. The number of nitrogens with zero attached hydrogens (tertiary/aromatic N) is 1. The van der Waals surface area contributed by atoms with Gasteiger partial charge >= 0.3 is 0 Å². The first-order chi connectivity index (χ1) is 9.02. The summed E-state index contributed by atoms with van der Waals surface area (Å²) in [6.45, 7) is 8.28. The summed E-state index contributed by atoms with van der Waals surface area (Å²) in [5, 5.41) is 0. The van der Waals surface area contributed by atoms with Crippen molar-refractivity contribution in [2.75, 3.05) is 26.2 Å². The van der Waals surface area contributed by atoms with Crippen LogP contribution in [0.1, 0.15) is 27.0 Å². The Labute approximate surface area is 126 Å². The molecular weight excluding hydrogens is 276 g/mol. The monoisotopic (exact) mass is 298 g/mol. The third-order valence-electron chi connectivity index (χ3n) is 3.58. The quantitative estimate of drug-likeness (QED) is 0.906. The van der Waals surface area contributed by atoms with E-state index in [0.29, 0.717) is 26.2 Å². The largest absolute Gasteiger partial charge is 0.373 e. The van der Waals surface area contributed by atoms with Crippen LogP contribution in [0.4, 0.5) is 0 Å². The summed E-state index contributed by atoms with van der Waals surface area (Å²) >= 11 is 0. The fourth-order valence-corrected chi connectivity index (χ4v) is 2.72. The molecule has 5 heteroatoms. The molecule has 0 saturated carbocycles. The highest BCUT2D eigenvalue weighted by Crippen LogP contribution is 2.19. The molecule has 1 amide bonds. The Morgan fingerprint density at radius 3 is 2.50 bits per heavy atom. The Balaban J connectivity index is 0.00000200. The van der Waals surface area contributed by atoms with E-state index in [4.69, 9.17) is 10.5 Å². The van der Waals surface area contributed by atoms with E-state index >= 15 is 0 Å². The number of hydrogen-bond acceptors (Lipinski definition) is 3. The highest BCUT2D eigenvalue weighted by atomic mass is 35.5. The SMILES string of the molecule is Cc1cc(C)c(C(=O)N2CCOC(CN)C2)c(C)c1.Cl. The average molecular weight is 299 g/mol. The van der Waals surface area contributed by atoms with Crippen molar-refractivity contribution in [1.29, 1.82) is 0 Å². The van der Waals surface area contributed by atoms with E-state index in [1.165, 1.54) is 5.56 Å². The van der Waals surface area contributed by atoms with E-state index in [1.54, 1.807) is 0 Å². The molecule has 1 fully saturated rings. The van der Waals surface area contributed by atoms with Crippen molar-refractivity contribution in [1.82, 2.24) is 4.90 Å². The topological polar surface area (TPSA) is 55.6 Å². The van der Waals surface area contributed by atoms with Crippen molar-refractivity contribution in [3.63, 3.8) is 0 Å². The molecule has 1 aromatic carbocycles. The number of morpholine rings is 1. The molecule has 1 heterocycles. The molecule has 1 unspecified atom stereocenters. The number of aryl methyl sites for hydroxylation is 3. The number of hydrogen-bond donors (Lipinski definition) is 1. The summed E-state index contributed by atoms with van der Waals surface area (Å²) in [6.07, 6.45) is -0.0382. The van der Waals surface area contributed by atoms with Gasteiger partial charge in [-0.15, -0.1) is 12.4 Å². The fourth-order valence-electron chi connectivity index (χ4n) is 2.72. The van der Waals surface area contributed by atoms with Gasteiger partial charge in [-0.3, -0.25) is 4.79 Å². The second kappa shape index (κ2) is 7.07. The van der Waals surface area contributed by atoms with E-state index in [2.05, 4.69) is 12.1 Å². The van der Waals surface area contributed by atoms with Crippen LogP contribution in [0.25, 0.3) is 0 Å². The van der Waals surface area contributed by atoms with Crippen molar-refractivity contribution < 1.29 is 9.53 Å². The Morgan fingerprint density at radius 2 is 1.95 bits per heavy atom. The van der Waals surface area contributed by atoms with Crippen LogP contribution >= 0.6 is 12.4 Å². The zero-order valence-electron chi connectivity index (χ0n) is 12.3. The summed E-state index contributed by atoms with van der Waals surface area (Å²) < 4.78 is 5.50. The Kier molecular flexibility index (Phi) is 5.99. The zero-order valence-corrected chi connectivity index (χ0v) is 13.1. The van der Waals surface area contributed by atoms with Crippen LogP contribution < -0.4 is 5.73 Å². The molecule has 1 saturated heterocycles. The zero-order chi connectivity index (χ0) is 14.0. The summed E-state index contributed by atoms with van der Waals surface area (Å²) in [7, 11) is 0. The van der Waals surface area contributed by atoms with Crippen LogP contribution in [0, 0.1) is 20.8 Å². The van der Waals surface area contributed by atoms with Gasteiger partial charge in [0.2, 0.25) is 0 Å². The third kappa shape index (κ3) is 3.51. The predicted octanol–water partition coefficient (Wildman–Crippen LogP) is 1.83. The lowest BCUT2D eigenvalue weighted by molar-refractivity contribution is -0.0168. The molecule has 112 valence electrons. The van der Waals surface area contributed by atoms with Gasteiger partial charge in [0.1, 0.15) is 0 Å². The van der Waals surface area contributed by atoms with Gasteiger partial charge in [0, 0.05) is 25.2 Å². The molecule has 20 heavy (non-hydrogen) atoms. The van der Waals surface area contributed by atoms with Crippen LogP contribution in [0.2, 0.25) is 0 Å². The summed E-state index contributed by atoms with van der Waals surface area (Å²) in [4.78, 5) is 14.5. The Bertz CT molecular complexity index is 468. The Morgan fingerprint density at radius 1 is 1.35 bits per heavy atom.